The molecule has 0 aliphatic carbocycles. The third-order valence-electron chi connectivity index (χ3n) is 4.09. The molecule has 1 aliphatic rings. The number of rotatable bonds is 4. The van der Waals surface area contributed by atoms with Crippen molar-refractivity contribution in [2.45, 2.75) is 32.2 Å². The van der Waals surface area contributed by atoms with Crippen LogP contribution in [0, 0.1) is 0 Å². The van der Waals surface area contributed by atoms with E-state index in [0.717, 1.165) is 49.7 Å². The van der Waals surface area contributed by atoms with Crippen molar-refractivity contribution in [1.82, 2.24) is 4.90 Å². The van der Waals surface area contributed by atoms with E-state index in [4.69, 9.17) is 17.3 Å². The number of nitrogens with two attached hydrogens (primary N) is 1. The van der Waals surface area contributed by atoms with Gasteiger partial charge >= 0.3 is 0 Å². The summed E-state index contributed by atoms with van der Waals surface area (Å²) in [6, 6.07) is 6.64. The summed E-state index contributed by atoms with van der Waals surface area (Å²) in [7, 11) is 2.18. The molecule has 1 fully saturated rings. The molecule has 0 aromatic heterocycles. The van der Waals surface area contributed by atoms with Crippen molar-refractivity contribution in [2.75, 3.05) is 38.1 Å². The Labute approximate surface area is 127 Å². The Morgan fingerprint density at radius 1 is 1.25 bits per heavy atom. The fraction of sp³-hybridized carbons (Fsp3) is 0.625. The third-order valence-corrected chi connectivity index (χ3v) is 4.40. The second-order valence-corrected chi connectivity index (χ2v) is 6.21. The van der Waals surface area contributed by atoms with Gasteiger partial charge in [-0.15, -0.1) is 0 Å². The fourth-order valence-electron chi connectivity index (χ4n) is 2.67. The van der Waals surface area contributed by atoms with Crippen LogP contribution in [-0.2, 0) is 6.42 Å². The molecule has 0 amide bonds. The number of halogens is 1. The predicted molar refractivity (Wildman–Crippen MR) is 87.7 cm³/mol. The second kappa shape index (κ2) is 7.30. The van der Waals surface area contributed by atoms with Crippen LogP contribution >= 0.6 is 11.6 Å². The Hall–Kier alpha value is -0.770. The summed E-state index contributed by atoms with van der Waals surface area (Å²) < 4.78 is 0. The lowest BCUT2D eigenvalue weighted by molar-refractivity contribution is 0.360. The maximum absolute atomic E-state index is 6.48. The van der Waals surface area contributed by atoms with Crippen LogP contribution < -0.4 is 10.6 Å². The van der Waals surface area contributed by atoms with Gasteiger partial charge in [0, 0.05) is 25.7 Å². The van der Waals surface area contributed by atoms with Crippen molar-refractivity contribution in [3.63, 3.8) is 0 Å². The molecule has 2 N–H and O–H groups in total. The van der Waals surface area contributed by atoms with Crippen LogP contribution in [0.15, 0.2) is 18.2 Å². The van der Waals surface area contributed by atoms with E-state index in [0.29, 0.717) is 0 Å². The Morgan fingerprint density at radius 2 is 2.05 bits per heavy atom. The van der Waals surface area contributed by atoms with E-state index in [1.807, 2.05) is 0 Å². The Balaban J connectivity index is 2.08. The van der Waals surface area contributed by atoms with Gasteiger partial charge in [0.1, 0.15) is 0 Å². The first-order valence-electron chi connectivity index (χ1n) is 7.57. The monoisotopic (exact) mass is 295 g/mol. The van der Waals surface area contributed by atoms with Crippen molar-refractivity contribution in [3.05, 3.63) is 28.8 Å². The molecule has 1 unspecified atom stereocenters. The number of anilines is 1. The first-order chi connectivity index (χ1) is 9.60. The van der Waals surface area contributed by atoms with Crippen molar-refractivity contribution in [1.29, 1.82) is 0 Å². The van der Waals surface area contributed by atoms with Gasteiger partial charge in [-0.05, 0) is 50.6 Å². The molecule has 1 atom stereocenters. The molecule has 1 saturated heterocycles. The molecule has 20 heavy (non-hydrogen) atoms. The highest BCUT2D eigenvalue weighted by molar-refractivity contribution is 6.33. The summed E-state index contributed by atoms with van der Waals surface area (Å²) in [6.45, 7) is 6.51. The number of likely N-dealkylation sites (N-methyl/N-ethyl adjacent to an activating group) is 1. The molecular formula is C16H26ClN3. The fourth-order valence-corrected chi connectivity index (χ4v) is 2.99. The van der Waals surface area contributed by atoms with Gasteiger partial charge in [-0.3, -0.25) is 0 Å². The Bertz CT molecular complexity index is 436. The van der Waals surface area contributed by atoms with Crippen molar-refractivity contribution < 1.29 is 0 Å². The third kappa shape index (κ3) is 4.11. The van der Waals surface area contributed by atoms with Gasteiger partial charge in [-0.2, -0.15) is 0 Å². The van der Waals surface area contributed by atoms with Gasteiger partial charge in [0.25, 0.3) is 0 Å². The molecule has 1 heterocycles. The molecule has 0 spiro atoms. The highest BCUT2D eigenvalue weighted by Crippen LogP contribution is 2.28. The zero-order chi connectivity index (χ0) is 14.5. The first-order valence-corrected chi connectivity index (χ1v) is 7.95. The predicted octanol–water partition coefficient (Wildman–Crippen LogP) is 2.76. The number of hydrogen-bond acceptors (Lipinski definition) is 3. The number of hydrogen-bond donors (Lipinski definition) is 1. The first kappa shape index (κ1) is 15.6. The Kier molecular flexibility index (Phi) is 5.70. The molecule has 0 saturated carbocycles. The average molecular weight is 296 g/mol. The van der Waals surface area contributed by atoms with Crippen molar-refractivity contribution >= 4 is 17.3 Å². The molecule has 1 aliphatic heterocycles. The number of benzene rings is 1. The zero-order valence-electron chi connectivity index (χ0n) is 12.6. The van der Waals surface area contributed by atoms with Crippen LogP contribution in [-0.4, -0.2) is 44.2 Å². The molecule has 1 aromatic carbocycles. The largest absolute Gasteiger partial charge is 0.369 e. The van der Waals surface area contributed by atoms with E-state index in [1.165, 1.54) is 12.0 Å². The number of nitrogens with zero attached hydrogens (tertiary/aromatic N) is 2. The Morgan fingerprint density at radius 3 is 2.75 bits per heavy atom. The smallest absolute Gasteiger partial charge is 0.0642 e. The summed E-state index contributed by atoms with van der Waals surface area (Å²) in [5, 5.41) is 0.857. The topological polar surface area (TPSA) is 32.5 Å². The van der Waals surface area contributed by atoms with E-state index in [-0.39, 0.29) is 6.04 Å². The summed E-state index contributed by atoms with van der Waals surface area (Å²) in [5.41, 5.74) is 8.41. The molecule has 0 radical (unpaired) electrons. The zero-order valence-corrected chi connectivity index (χ0v) is 13.4. The lowest BCUT2D eigenvalue weighted by Crippen LogP contribution is -2.29. The van der Waals surface area contributed by atoms with Crippen LogP contribution in [0.2, 0.25) is 5.02 Å². The second-order valence-electron chi connectivity index (χ2n) is 5.80. The summed E-state index contributed by atoms with van der Waals surface area (Å²) >= 11 is 6.48. The SMILES string of the molecule is CCC(N)Cc1ccc(N2CCCN(C)CC2)c(Cl)c1. The van der Waals surface area contributed by atoms with Gasteiger partial charge in [0.05, 0.1) is 10.7 Å². The van der Waals surface area contributed by atoms with Gasteiger partial charge < -0.3 is 15.5 Å². The van der Waals surface area contributed by atoms with Crippen LogP contribution in [0.3, 0.4) is 0 Å². The van der Waals surface area contributed by atoms with Crippen molar-refractivity contribution in [2.24, 2.45) is 5.73 Å². The normalized spacial score (nSPS) is 18.9. The van der Waals surface area contributed by atoms with Crippen LogP contribution in [0.4, 0.5) is 5.69 Å². The van der Waals surface area contributed by atoms with E-state index >= 15 is 0 Å². The molecule has 0 bridgehead atoms. The standard InChI is InChI=1S/C16H26ClN3/c1-3-14(18)11-13-5-6-16(15(17)12-13)20-8-4-7-19(2)9-10-20/h5-6,12,14H,3-4,7-11,18H2,1-2H3. The molecule has 4 heteroatoms. The van der Waals surface area contributed by atoms with Crippen molar-refractivity contribution in [3.8, 4) is 0 Å². The molecule has 112 valence electrons. The lowest BCUT2D eigenvalue weighted by Gasteiger charge is -2.24. The molecule has 1 aromatic rings. The maximum Gasteiger partial charge on any atom is 0.0642 e. The van der Waals surface area contributed by atoms with Crippen LogP contribution in [0.1, 0.15) is 25.3 Å². The van der Waals surface area contributed by atoms with Gasteiger partial charge in [0.15, 0.2) is 0 Å². The minimum Gasteiger partial charge on any atom is -0.369 e. The summed E-state index contributed by atoms with van der Waals surface area (Å²) in [6.07, 6.45) is 3.09. The van der Waals surface area contributed by atoms with Gasteiger partial charge in [0.2, 0.25) is 0 Å². The van der Waals surface area contributed by atoms with E-state index in [2.05, 4.69) is 42.0 Å². The highest BCUT2D eigenvalue weighted by Gasteiger charge is 2.15. The van der Waals surface area contributed by atoms with Crippen LogP contribution in [0.5, 0.6) is 0 Å². The molecular weight excluding hydrogens is 270 g/mol. The summed E-state index contributed by atoms with van der Waals surface area (Å²) in [4.78, 5) is 4.78. The van der Waals surface area contributed by atoms with Gasteiger partial charge in [-0.1, -0.05) is 24.6 Å². The van der Waals surface area contributed by atoms with E-state index < -0.39 is 0 Å². The van der Waals surface area contributed by atoms with E-state index in [1.54, 1.807) is 0 Å². The lowest BCUT2D eigenvalue weighted by atomic mass is 10.0. The van der Waals surface area contributed by atoms with E-state index in [9.17, 15) is 0 Å². The molecule has 2 rings (SSSR count). The minimum absolute atomic E-state index is 0.226. The quantitative estimate of drug-likeness (QED) is 0.927. The molecule has 3 nitrogen and oxygen atoms in total. The minimum atomic E-state index is 0.226. The van der Waals surface area contributed by atoms with Crippen LogP contribution in [0.25, 0.3) is 0 Å². The maximum atomic E-state index is 6.48. The van der Waals surface area contributed by atoms with Gasteiger partial charge in [-0.25, -0.2) is 0 Å². The summed E-state index contributed by atoms with van der Waals surface area (Å²) in [5.74, 6) is 0. The average Bonchev–Trinajstić information content (AvgIpc) is 2.64. The highest BCUT2D eigenvalue weighted by atomic mass is 35.5.